The minimum Gasteiger partial charge on any atom is -0.225 e. The maximum Gasteiger partial charge on any atom is 0.169 e. The predicted molar refractivity (Wildman–Crippen MR) is 102 cm³/mol. The third kappa shape index (κ3) is 4.90. The predicted octanol–water partition coefficient (Wildman–Crippen LogP) is 4.18. The van der Waals surface area contributed by atoms with Crippen LogP contribution in [0.3, 0.4) is 0 Å². The summed E-state index contributed by atoms with van der Waals surface area (Å²) in [5.41, 5.74) is 2.86. The van der Waals surface area contributed by atoms with E-state index in [9.17, 15) is 4.21 Å². The summed E-state index contributed by atoms with van der Waals surface area (Å²) in [5.74, 6) is 1.73. The van der Waals surface area contributed by atoms with Gasteiger partial charge in [-0.05, 0) is 67.9 Å². The minimum atomic E-state index is -0.998. The lowest BCUT2D eigenvalue weighted by Gasteiger charge is -2.28. The van der Waals surface area contributed by atoms with Crippen molar-refractivity contribution in [2.45, 2.75) is 64.2 Å². The zero-order valence-corrected chi connectivity index (χ0v) is 15.8. The zero-order valence-electron chi connectivity index (χ0n) is 15.0. The first-order chi connectivity index (χ1) is 11.8. The zero-order chi connectivity index (χ0) is 16.8. The van der Waals surface area contributed by atoms with E-state index in [1.54, 1.807) is 0 Å². The molecule has 1 aromatic carbocycles. The van der Waals surface area contributed by atoms with Crippen LogP contribution in [0.25, 0.3) is 0 Å². The largest absolute Gasteiger partial charge is 0.225 e. The molecule has 1 aliphatic heterocycles. The monoisotopic (exact) mass is 348 g/mol. The molecule has 4 heteroatoms. The third-order valence-electron chi connectivity index (χ3n) is 5.81. The van der Waals surface area contributed by atoms with Gasteiger partial charge in [-0.25, -0.2) is 13.2 Å². The van der Waals surface area contributed by atoms with Gasteiger partial charge in [0.2, 0.25) is 0 Å². The molecule has 1 saturated heterocycles. The molecule has 24 heavy (non-hydrogen) atoms. The Morgan fingerprint density at radius 2 is 1.75 bits per heavy atom. The number of nitrogens with one attached hydrogen (secondary N) is 1. The van der Waals surface area contributed by atoms with E-state index >= 15 is 0 Å². The van der Waals surface area contributed by atoms with Gasteiger partial charge in [0, 0.05) is 19.6 Å². The average Bonchev–Trinajstić information content (AvgIpc) is 3.17. The molecule has 2 fully saturated rings. The van der Waals surface area contributed by atoms with Gasteiger partial charge in [-0.3, -0.25) is 0 Å². The van der Waals surface area contributed by atoms with E-state index in [0.717, 1.165) is 37.9 Å². The molecule has 134 valence electrons. The van der Waals surface area contributed by atoms with Crippen LogP contribution >= 0.6 is 0 Å². The topological polar surface area (TPSA) is 32.3 Å². The van der Waals surface area contributed by atoms with Gasteiger partial charge in [0.1, 0.15) is 0 Å². The van der Waals surface area contributed by atoms with Crippen molar-refractivity contribution >= 4 is 11.2 Å². The van der Waals surface area contributed by atoms with Crippen LogP contribution in [0.4, 0.5) is 0 Å². The highest BCUT2D eigenvalue weighted by Gasteiger charge is 2.21. The van der Waals surface area contributed by atoms with Crippen LogP contribution in [0.1, 0.15) is 68.9 Å². The fourth-order valence-electron chi connectivity index (χ4n) is 4.09. The first kappa shape index (κ1) is 18.1. The molecule has 0 aromatic heterocycles. The first-order valence-corrected chi connectivity index (χ1v) is 10.9. The van der Waals surface area contributed by atoms with Gasteiger partial charge >= 0.3 is 0 Å². The van der Waals surface area contributed by atoms with E-state index in [2.05, 4.69) is 35.9 Å². The summed E-state index contributed by atoms with van der Waals surface area (Å²) in [5, 5.41) is 0. The molecule has 3 nitrogen and oxygen atoms in total. The van der Waals surface area contributed by atoms with Crippen LogP contribution in [0.2, 0.25) is 0 Å². The molecule has 1 aliphatic carbocycles. The Kier molecular flexibility index (Phi) is 6.87. The number of hydrogen-bond acceptors (Lipinski definition) is 1. The molecule has 3 rings (SSSR count). The van der Waals surface area contributed by atoms with E-state index in [1.165, 1.54) is 56.1 Å². The van der Waals surface area contributed by atoms with Crippen LogP contribution in [0.15, 0.2) is 24.3 Å². The highest BCUT2D eigenvalue weighted by Crippen LogP contribution is 2.36. The summed E-state index contributed by atoms with van der Waals surface area (Å²) < 4.78 is 17.3. The molecular formula is C20H32N2OS. The summed E-state index contributed by atoms with van der Waals surface area (Å²) in [4.78, 5) is 0. The van der Waals surface area contributed by atoms with Crippen molar-refractivity contribution in [3.8, 4) is 0 Å². The summed E-state index contributed by atoms with van der Waals surface area (Å²) >= 11 is -0.998. The smallest absolute Gasteiger partial charge is 0.169 e. The Morgan fingerprint density at radius 3 is 2.38 bits per heavy atom. The van der Waals surface area contributed by atoms with E-state index in [0.29, 0.717) is 0 Å². The van der Waals surface area contributed by atoms with Gasteiger partial charge in [0.25, 0.3) is 0 Å². The highest BCUT2D eigenvalue weighted by molar-refractivity contribution is 7.80. The van der Waals surface area contributed by atoms with Crippen molar-refractivity contribution in [2.24, 2.45) is 5.92 Å². The van der Waals surface area contributed by atoms with Crippen LogP contribution in [0, 0.1) is 5.92 Å². The minimum absolute atomic E-state index is 0.766. The van der Waals surface area contributed by atoms with Crippen LogP contribution in [-0.2, 0) is 17.6 Å². The lowest BCUT2D eigenvalue weighted by atomic mass is 9.78. The maximum atomic E-state index is 12.1. The Bertz CT molecular complexity index is 517. The second kappa shape index (κ2) is 9.12. The third-order valence-corrected chi connectivity index (χ3v) is 7.10. The van der Waals surface area contributed by atoms with Crippen molar-refractivity contribution in [3.05, 3.63) is 35.4 Å². The molecule has 0 spiro atoms. The molecule has 1 aromatic rings. The summed E-state index contributed by atoms with van der Waals surface area (Å²) in [6.07, 6.45) is 10.1. The number of benzene rings is 1. The van der Waals surface area contributed by atoms with Gasteiger partial charge in [0.15, 0.2) is 11.2 Å². The summed E-state index contributed by atoms with van der Waals surface area (Å²) in [6, 6.07) is 9.18. The second-order valence-electron chi connectivity index (χ2n) is 7.40. The molecule has 1 saturated carbocycles. The average molecular weight is 349 g/mol. The molecule has 0 amide bonds. The Hall–Kier alpha value is -0.710. The maximum absolute atomic E-state index is 12.1. The number of nitrogens with zero attached hydrogens (tertiary/aromatic N) is 1. The summed E-state index contributed by atoms with van der Waals surface area (Å²) in [7, 11) is 0. The number of rotatable bonds is 7. The van der Waals surface area contributed by atoms with Gasteiger partial charge in [0.05, 0.1) is 0 Å². The van der Waals surface area contributed by atoms with Crippen molar-refractivity contribution in [1.82, 2.24) is 9.03 Å². The van der Waals surface area contributed by atoms with Crippen LogP contribution in [0.5, 0.6) is 0 Å². The van der Waals surface area contributed by atoms with Crippen LogP contribution in [-0.4, -0.2) is 28.1 Å². The molecule has 0 bridgehead atoms. The van der Waals surface area contributed by atoms with Gasteiger partial charge in [-0.1, -0.05) is 37.6 Å². The number of hydrogen-bond donors (Lipinski definition) is 1. The van der Waals surface area contributed by atoms with E-state index in [4.69, 9.17) is 0 Å². The van der Waals surface area contributed by atoms with Gasteiger partial charge < -0.3 is 0 Å². The molecule has 1 N–H and O–H groups in total. The molecule has 2 aliphatic rings. The van der Waals surface area contributed by atoms with Crippen LogP contribution < -0.4 is 4.72 Å². The lowest BCUT2D eigenvalue weighted by molar-refractivity contribution is 0.319. The van der Waals surface area contributed by atoms with Crippen molar-refractivity contribution < 1.29 is 4.21 Å². The Balaban J connectivity index is 1.42. The molecule has 1 unspecified atom stereocenters. The normalized spacial score (nSPS) is 26.5. The fraction of sp³-hybridized carbons (Fsp3) is 0.700. The molecule has 1 atom stereocenters. The highest BCUT2D eigenvalue weighted by atomic mass is 32.2. The SMILES string of the molecule is CCC1CCC(c2ccc(CCNS(=O)N3CCCC3)cc2)CC1. The Morgan fingerprint density at radius 1 is 1.08 bits per heavy atom. The van der Waals surface area contributed by atoms with Gasteiger partial charge in [-0.15, -0.1) is 0 Å². The van der Waals surface area contributed by atoms with Gasteiger partial charge in [-0.2, -0.15) is 0 Å². The summed E-state index contributed by atoms with van der Waals surface area (Å²) in [6.45, 7) is 5.04. The van der Waals surface area contributed by atoms with Crippen molar-refractivity contribution in [1.29, 1.82) is 0 Å². The molecule has 0 radical (unpaired) electrons. The molecular weight excluding hydrogens is 316 g/mol. The van der Waals surface area contributed by atoms with Crippen molar-refractivity contribution in [2.75, 3.05) is 19.6 Å². The first-order valence-electron chi connectivity index (χ1n) is 9.75. The lowest BCUT2D eigenvalue weighted by Crippen LogP contribution is -2.34. The van der Waals surface area contributed by atoms with E-state index in [1.807, 2.05) is 4.31 Å². The van der Waals surface area contributed by atoms with E-state index < -0.39 is 11.2 Å². The fourth-order valence-corrected chi connectivity index (χ4v) is 5.14. The quantitative estimate of drug-likeness (QED) is 0.788. The van der Waals surface area contributed by atoms with Crippen molar-refractivity contribution in [3.63, 3.8) is 0 Å². The standard InChI is InChI=1S/C20H32N2OS/c1-2-17-5-9-19(10-6-17)20-11-7-18(8-12-20)13-14-21-24(23)22-15-3-4-16-22/h7-8,11-12,17,19,21H,2-6,9-10,13-16H2,1H3. The molecule has 1 heterocycles. The van der Waals surface area contributed by atoms with E-state index in [-0.39, 0.29) is 0 Å². The Labute approximate surface area is 149 Å². The second-order valence-corrected chi connectivity index (χ2v) is 8.70.